The Morgan fingerprint density at radius 2 is 2.19 bits per heavy atom. The fourth-order valence-electron chi connectivity index (χ4n) is 3.56. The van der Waals surface area contributed by atoms with Gasteiger partial charge in [-0.05, 0) is 31.0 Å². The molecule has 0 radical (unpaired) electrons. The number of anilines is 1. The van der Waals surface area contributed by atoms with Gasteiger partial charge in [-0.25, -0.2) is 14.2 Å². The molecule has 0 saturated carbocycles. The minimum Gasteiger partial charge on any atom is -0.477 e. The fraction of sp³-hybridized carbons (Fsp3) is 0.364. The summed E-state index contributed by atoms with van der Waals surface area (Å²) in [7, 11) is 1.59. The van der Waals surface area contributed by atoms with Gasteiger partial charge < -0.3 is 24.4 Å². The number of aromatic nitrogens is 1. The normalized spacial score (nSPS) is 18.0. The van der Waals surface area contributed by atoms with E-state index in [-0.39, 0.29) is 18.0 Å². The minimum absolute atomic E-state index is 0.234. The molecule has 164 valence electrons. The zero-order valence-electron chi connectivity index (χ0n) is 17.1. The minimum atomic E-state index is -0.350. The van der Waals surface area contributed by atoms with Crippen LogP contribution in [0.3, 0.4) is 0 Å². The smallest absolute Gasteiger partial charge is 0.321 e. The SMILES string of the molecule is COCC1COc2nccc(NC(=O)N3CCC(=Cc4ccc(Cl)cc4F)CC3)c2O1. The van der Waals surface area contributed by atoms with Crippen LogP contribution in [-0.4, -0.2) is 55.4 Å². The van der Waals surface area contributed by atoms with Crippen molar-refractivity contribution in [1.82, 2.24) is 9.88 Å². The number of benzene rings is 1. The first-order valence-electron chi connectivity index (χ1n) is 10.0. The van der Waals surface area contributed by atoms with E-state index in [1.165, 1.54) is 6.07 Å². The third-order valence-corrected chi connectivity index (χ3v) is 5.41. The van der Waals surface area contributed by atoms with Gasteiger partial charge in [0.15, 0.2) is 6.10 Å². The summed E-state index contributed by atoms with van der Waals surface area (Å²) in [6.07, 6.45) is 4.46. The van der Waals surface area contributed by atoms with Gasteiger partial charge in [0.25, 0.3) is 5.88 Å². The Bertz CT molecular complexity index is 991. The highest BCUT2D eigenvalue weighted by atomic mass is 35.5. The molecule has 0 aliphatic carbocycles. The van der Waals surface area contributed by atoms with Crippen molar-refractivity contribution in [3.63, 3.8) is 0 Å². The number of nitrogens with zero attached hydrogens (tertiary/aromatic N) is 2. The quantitative estimate of drug-likeness (QED) is 0.753. The molecule has 0 spiro atoms. The number of urea groups is 1. The molecule has 2 aliphatic heterocycles. The Balaban J connectivity index is 1.38. The molecular weight excluding hydrogens is 425 g/mol. The highest BCUT2D eigenvalue weighted by Crippen LogP contribution is 2.37. The summed E-state index contributed by atoms with van der Waals surface area (Å²) >= 11 is 5.81. The predicted octanol–water partition coefficient (Wildman–Crippen LogP) is 4.37. The lowest BCUT2D eigenvalue weighted by atomic mass is 10.0. The largest absolute Gasteiger partial charge is 0.477 e. The number of ether oxygens (including phenoxy) is 3. The standard InChI is InChI=1S/C22H23ClFN3O4/c1-29-12-17-13-30-21-20(31-17)19(4-7-25-21)26-22(28)27-8-5-14(6-9-27)10-15-2-3-16(23)11-18(15)24/h2-4,7,10-11,17H,5-6,8-9,12-13H2,1H3,(H,25,26,28). The molecule has 1 unspecified atom stereocenters. The van der Waals surface area contributed by atoms with Gasteiger partial charge in [0.2, 0.25) is 5.75 Å². The molecule has 31 heavy (non-hydrogen) atoms. The van der Waals surface area contributed by atoms with Crippen LogP contribution in [0.5, 0.6) is 11.6 Å². The molecular formula is C22H23ClFN3O4. The van der Waals surface area contributed by atoms with Gasteiger partial charge in [-0.1, -0.05) is 29.3 Å². The zero-order chi connectivity index (χ0) is 21.8. The molecule has 1 aromatic carbocycles. The Hall–Kier alpha value is -2.84. The fourth-order valence-corrected chi connectivity index (χ4v) is 3.72. The average Bonchev–Trinajstić information content (AvgIpc) is 2.77. The van der Waals surface area contributed by atoms with Crippen LogP contribution >= 0.6 is 11.6 Å². The van der Waals surface area contributed by atoms with Crippen molar-refractivity contribution in [2.45, 2.75) is 18.9 Å². The highest BCUT2D eigenvalue weighted by Gasteiger charge is 2.27. The van der Waals surface area contributed by atoms with Crippen molar-refractivity contribution >= 4 is 29.4 Å². The van der Waals surface area contributed by atoms with Crippen LogP contribution < -0.4 is 14.8 Å². The Morgan fingerprint density at radius 1 is 1.39 bits per heavy atom. The van der Waals surface area contributed by atoms with Gasteiger partial charge in [0.05, 0.1) is 12.3 Å². The molecule has 1 atom stereocenters. The topological polar surface area (TPSA) is 72.9 Å². The van der Waals surface area contributed by atoms with Crippen molar-refractivity contribution in [1.29, 1.82) is 0 Å². The number of piperidine rings is 1. The summed E-state index contributed by atoms with van der Waals surface area (Å²) in [5.41, 5.74) is 2.09. The molecule has 9 heteroatoms. The van der Waals surface area contributed by atoms with E-state index in [1.807, 2.05) is 6.08 Å². The number of rotatable bonds is 4. The summed E-state index contributed by atoms with van der Waals surface area (Å²) < 4.78 is 30.7. The number of hydrogen-bond donors (Lipinski definition) is 1. The molecule has 2 amide bonds. The van der Waals surface area contributed by atoms with Gasteiger partial charge >= 0.3 is 6.03 Å². The van der Waals surface area contributed by atoms with Crippen molar-refractivity contribution in [3.05, 3.63) is 52.4 Å². The average molecular weight is 448 g/mol. The predicted molar refractivity (Wildman–Crippen MR) is 115 cm³/mol. The summed E-state index contributed by atoms with van der Waals surface area (Å²) in [5.74, 6) is 0.399. The Kier molecular flexibility index (Phi) is 6.58. The van der Waals surface area contributed by atoms with E-state index in [2.05, 4.69) is 10.3 Å². The third-order valence-electron chi connectivity index (χ3n) is 5.17. The van der Waals surface area contributed by atoms with Crippen molar-refractivity contribution in [2.75, 3.05) is 38.7 Å². The van der Waals surface area contributed by atoms with Crippen molar-refractivity contribution < 1.29 is 23.4 Å². The van der Waals surface area contributed by atoms with Gasteiger partial charge in [-0.15, -0.1) is 0 Å². The number of amides is 2. The highest BCUT2D eigenvalue weighted by molar-refractivity contribution is 6.30. The lowest BCUT2D eigenvalue weighted by Gasteiger charge is -2.30. The summed E-state index contributed by atoms with van der Waals surface area (Å²) in [6, 6.07) is 6.07. The monoisotopic (exact) mass is 447 g/mol. The Morgan fingerprint density at radius 3 is 2.94 bits per heavy atom. The zero-order valence-corrected chi connectivity index (χ0v) is 17.8. The van der Waals surface area contributed by atoms with E-state index in [9.17, 15) is 9.18 Å². The van der Waals surface area contributed by atoms with E-state index >= 15 is 0 Å². The number of fused-ring (bicyclic) bond motifs is 1. The maximum atomic E-state index is 14.0. The maximum Gasteiger partial charge on any atom is 0.321 e. The maximum absolute atomic E-state index is 14.0. The van der Waals surface area contributed by atoms with Crippen LogP contribution in [0.25, 0.3) is 6.08 Å². The van der Waals surface area contributed by atoms with E-state index in [0.29, 0.717) is 67.0 Å². The summed E-state index contributed by atoms with van der Waals surface area (Å²) in [4.78, 5) is 18.7. The summed E-state index contributed by atoms with van der Waals surface area (Å²) in [6.45, 7) is 1.77. The van der Waals surface area contributed by atoms with Crippen molar-refractivity contribution in [2.24, 2.45) is 0 Å². The van der Waals surface area contributed by atoms with Gasteiger partial charge in [0.1, 0.15) is 12.4 Å². The van der Waals surface area contributed by atoms with Crippen LogP contribution in [0.1, 0.15) is 18.4 Å². The second kappa shape index (κ2) is 9.53. The number of carbonyl (C=O) groups is 1. The molecule has 0 bridgehead atoms. The number of halogens is 2. The van der Waals surface area contributed by atoms with E-state index in [1.54, 1.807) is 36.4 Å². The van der Waals surface area contributed by atoms with Crippen LogP contribution in [0.15, 0.2) is 36.0 Å². The van der Waals surface area contributed by atoms with Gasteiger partial charge in [-0.3, -0.25) is 0 Å². The van der Waals surface area contributed by atoms with Crippen LogP contribution in [0.2, 0.25) is 5.02 Å². The molecule has 2 aliphatic rings. The number of pyridine rings is 1. The molecule has 1 saturated heterocycles. The van der Waals surface area contributed by atoms with Gasteiger partial charge in [0, 0.05) is 37.0 Å². The summed E-state index contributed by atoms with van der Waals surface area (Å²) in [5, 5.41) is 3.26. The number of nitrogens with one attached hydrogen (secondary N) is 1. The first kappa shape index (κ1) is 21.4. The van der Waals surface area contributed by atoms with Gasteiger partial charge in [-0.2, -0.15) is 0 Å². The molecule has 1 N–H and O–H groups in total. The molecule has 1 aromatic heterocycles. The number of methoxy groups -OCH3 is 1. The molecule has 7 nitrogen and oxygen atoms in total. The van der Waals surface area contributed by atoms with E-state index in [0.717, 1.165) is 5.57 Å². The first-order valence-corrected chi connectivity index (χ1v) is 10.4. The lowest BCUT2D eigenvalue weighted by molar-refractivity contribution is 0.0252. The van der Waals surface area contributed by atoms with Crippen molar-refractivity contribution in [3.8, 4) is 11.6 Å². The van der Waals surface area contributed by atoms with E-state index in [4.69, 9.17) is 25.8 Å². The Labute approximate surface area is 184 Å². The second-order valence-corrected chi connectivity index (χ2v) is 7.82. The molecule has 4 rings (SSSR count). The van der Waals surface area contributed by atoms with Crippen LogP contribution in [-0.2, 0) is 4.74 Å². The van der Waals surface area contributed by atoms with Crippen LogP contribution in [0.4, 0.5) is 14.9 Å². The number of hydrogen-bond acceptors (Lipinski definition) is 5. The molecule has 3 heterocycles. The van der Waals surface area contributed by atoms with Crippen LogP contribution in [0, 0.1) is 5.82 Å². The number of likely N-dealkylation sites (tertiary alicyclic amines) is 1. The third kappa shape index (κ3) is 5.08. The second-order valence-electron chi connectivity index (χ2n) is 7.38. The van der Waals surface area contributed by atoms with E-state index < -0.39 is 0 Å². The number of carbonyl (C=O) groups excluding carboxylic acids is 1. The molecule has 2 aromatic rings. The molecule has 1 fully saturated rings. The lowest BCUT2D eigenvalue weighted by Crippen LogP contribution is -2.40. The first-order chi connectivity index (χ1) is 15.0.